The summed E-state index contributed by atoms with van der Waals surface area (Å²) in [6, 6.07) is 12.6. The van der Waals surface area contributed by atoms with Crippen LogP contribution in [0.15, 0.2) is 48.8 Å². The highest BCUT2D eigenvalue weighted by Gasteiger charge is 2.27. The van der Waals surface area contributed by atoms with E-state index < -0.39 is 0 Å². The Hall–Kier alpha value is -1.95. The van der Waals surface area contributed by atoms with Gasteiger partial charge in [-0.15, -0.1) is 12.4 Å². The van der Waals surface area contributed by atoms with Crippen LogP contribution in [0.3, 0.4) is 0 Å². The molecule has 1 fully saturated rings. The zero-order chi connectivity index (χ0) is 17.1. The Bertz CT molecular complexity index is 740. The van der Waals surface area contributed by atoms with Gasteiger partial charge in [0.25, 0.3) is 0 Å². The van der Waals surface area contributed by atoms with E-state index in [1.165, 1.54) is 11.1 Å². The minimum atomic E-state index is 0. The summed E-state index contributed by atoms with van der Waals surface area (Å²) in [5.74, 6) is 0.230. The van der Waals surface area contributed by atoms with Crippen molar-refractivity contribution in [2.45, 2.75) is 18.9 Å². The van der Waals surface area contributed by atoms with E-state index in [1.807, 2.05) is 29.3 Å². The van der Waals surface area contributed by atoms with E-state index >= 15 is 0 Å². The molecule has 1 atom stereocenters. The maximum absolute atomic E-state index is 12.8. The van der Waals surface area contributed by atoms with Gasteiger partial charge in [-0.1, -0.05) is 24.3 Å². The number of hydrogen-bond acceptors (Lipinski definition) is 4. The first-order chi connectivity index (χ1) is 12.3. The van der Waals surface area contributed by atoms with E-state index in [0.29, 0.717) is 12.5 Å². The molecule has 1 saturated heterocycles. The molecular formula is C20H25ClN4O. The number of hydrogen-bond donors (Lipinski definition) is 1. The van der Waals surface area contributed by atoms with E-state index in [1.54, 1.807) is 6.20 Å². The van der Waals surface area contributed by atoms with Crippen molar-refractivity contribution >= 4 is 24.0 Å². The van der Waals surface area contributed by atoms with Crippen molar-refractivity contribution in [3.63, 3.8) is 0 Å². The van der Waals surface area contributed by atoms with Gasteiger partial charge in [-0.25, -0.2) is 0 Å². The maximum atomic E-state index is 12.8. The highest BCUT2D eigenvalue weighted by Crippen LogP contribution is 2.28. The van der Waals surface area contributed by atoms with Crippen molar-refractivity contribution in [1.82, 2.24) is 15.2 Å². The largest absolute Gasteiger partial charge is 0.314 e. The van der Waals surface area contributed by atoms with Gasteiger partial charge in [0.1, 0.15) is 0 Å². The third-order valence-electron chi connectivity index (χ3n) is 5.22. The molecule has 26 heavy (non-hydrogen) atoms. The lowest BCUT2D eigenvalue weighted by molar-refractivity contribution is -0.119. The fraction of sp³-hybridized carbons (Fsp3) is 0.400. The molecule has 6 heteroatoms. The number of amides is 1. The summed E-state index contributed by atoms with van der Waals surface area (Å²) >= 11 is 0. The molecule has 1 aromatic carbocycles. The number of aromatic nitrogens is 1. The average molecular weight is 373 g/mol. The first-order valence-electron chi connectivity index (χ1n) is 9.06. The number of nitrogens with zero attached hydrogens (tertiary/aromatic N) is 3. The molecule has 0 bridgehead atoms. The molecule has 1 unspecified atom stereocenters. The number of piperazine rings is 1. The van der Waals surface area contributed by atoms with Crippen molar-refractivity contribution in [3.05, 3.63) is 59.9 Å². The summed E-state index contributed by atoms with van der Waals surface area (Å²) < 4.78 is 0. The summed E-state index contributed by atoms with van der Waals surface area (Å²) in [6.45, 7) is 4.44. The van der Waals surface area contributed by atoms with Crippen LogP contribution in [0.5, 0.6) is 0 Å². The van der Waals surface area contributed by atoms with Gasteiger partial charge in [-0.2, -0.15) is 0 Å². The Morgan fingerprint density at radius 3 is 2.92 bits per heavy atom. The number of carbonyl (C=O) groups is 1. The highest BCUT2D eigenvalue weighted by atomic mass is 35.5. The number of benzene rings is 1. The number of anilines is 1. The number of para-hydroxylation sites is 1. The van der Waals surface area contributed by atoms with Crippen molar-refractivity contribution in [2.75, 3.05) is 37.6 Å². The average Bonchev–Trinajstić information content (AvgIpc) is 3.11. The van der Waals surface area contributed by atoms with E-state index in [9.17, 15) is 4.79 Å². The van der Waals surface area contributed by atoms with Gasteiger partial charge in [0.2, 0.25) is 5.91 Å². The molecule has 0 saturated carbocycles. The fourth-order valence-corrected chi connectivity index (χ4v) is 3.89. The number of halogens is 1. The van der Waals surface area contributed by atoms with Crippen molar-refractivity contribution in [3.8, 4) is 0 Å². The minimum Gasteiger partial charge on any atom is -0.314 e. The zero-order valence-electron chi connectivity index (χ0n) is 14.8. The smallest absolute Gasteiger partial charge is 0.228 e. The van der Waals surface area contributed by atoms with Gasteiger partial charge < -0.3 is 10.2 Å². The molecule has 2 aliphatic heterocycles. The van der Waals surface area contributed by atoms with Crippen molar-refractivity contribution < 1.29 is 4.79 Å². The van der Waals surface area contributed by atoms with Crippen LogP contribution in [0.4, 0.5) is 5.69 Å². The van der Waals surface area contributed by atoms with Gasteiger partial charge >= 0.3 is 0 Å². The highest BCUT2D eigenvalue weighted by molar-refractivity contribution is 5.95. The number of carbonyl (C=O) groups excluding carboxylic acids is 1. The molecule has 1 aromatic heterocycles. The third kappa shape index (κ3) is 3.90. The molecule has 2 aromatic rings. The molecule has 1 amide bonds. The molecule has 0 spiro atoms. The Kier molecular flexibility index (Phi) is 6.25. The molecule has 5 nitrogen and oxygen atoms in total. The van der Waals surface area contributed by atoms with Crippen LogP contribution in [-0.2, 0) is 11.2 Å². The summed E-state index contributed by atoms with van der Waals surface area (Å²) in [5, 5.41) is 3.45. The molecule has 4 rings (SSSR count). The summed E-state index contributed by atoms with van der Waals surface area (Å²) in [6.07, 6.45) is 5.26. The van der Waals surface area contributed by atoms with Crippen molar-refractivity contribution in [1.29, 1.82) is 0 Å². The Balaban J connectivity index is 0.00000196. The second kappa shape index (κ2) is 8.62. The number of pyridine rings is 1. The lowest BCUT2D eigenvalue weighted by Crippen LogP contribution is -2.47. The van der Waals surface area contributed by atoms with Gasteiger partial charge in [-0.3, -0.25) is 14.7 Å². The molecule has 3 heterocycles. The topological polar surface area (TPSA) is 48.5 Å². The Morgan fingerprint density at radius 2 is 2.08 bits per heavy atom. The van der Waals surface area contributed by atoms with Gasteiger partial charge in [0.15, 0.2) is 0 Å². The quantitative estimate of drug-likeness (QED) is 0.895. The maximum Gasteiger partial charge on any atom is 0.228 e. The second-order valence-electron chi connectivity index (χ2n) is 6.72. The zero-order valence-corrected chi connectivity index (χ0v) is 15.6. The Labute approximate surface area is 160 Å². The van der Waals surface area contributed by atoms with E-state index in [0.717, 1.165) is 44.8 Å². The predicted molar refractivity (Wildman–Crippen MR) is 106 cm³/mol. The molecule has 1 N–H and O–H groups in total. The van der Waals surface area contributed by atoms with Gasteiger partial charge in [0.05, 0.1) is 0 Å². The van der Waals surface area contributed by atoms with Crippen molar-refractivity contribution in [2.24, 2.45) is 0 Å². The molecule has 2 aliphatic rings. The van der Waals surface area contributed by atoms with Gasteiger partial charge in [0, 0.05) is 63.3 Å². The number of rotatable bonds is 4. The SMILES string of the molecule is Cl.O=C(CCN1CCNCC1c1cccnc1)N1CCc2ccccc21. The van der Waals surface area contributed by atoms with Crippen LogP contribution in [0.2, 0.25) is 0 Å². The fourth-order valence-electron chi connectivity index (χ4n) is 3.89. The van der Waals surface area contributed by atoms with Crippen LogP contribution in [-0.4, -0.2) is 48.5 Å². The van der Waals surface area contributed by atoms with Crippen LogP contribution in [0.1, 0.15) is 23.6 Å². The second-order valence-corrected chi connectivity index (χ2v) is 6.72. The van der Waals surface area contributed by atoms with Crippen LogP contribution in [0.25, 0.3) is 0 Å². The van der Waals surface area contributed by atoms with Crippen LogP contribution in [0, 0.1) is 0 Å². The van der Waals surface area contributed by atoms with Gasteiger partial charge in [-0.05, 0) is 29.7 Å². The first-order valence-corrected chi connectivity index (χ1v) is 9.06. The summed E-state index contributed by atoms with van der Waals surface area (Å²) in [5.41, 5.74) is 3.59. The monoisotopic (exact) mass is 372 g/mol. The lowest BCUT2D eigenvalue weighted by Gasteiger charge is -2.36. The molecule has 0 aliphatic carbocycles. The summed E-state index contributed by atoms with van der Waals surface area (Å²) in [7, 11) is 0. The van der Waals surface area contributed by atoms with Crippen LogP contribution >= 0.6 is 12.4 Å². The Morgan fingerprint density at radius 1 is 1.19 bits per heavy atom. The van der Waals surface area contributed by atoms with E-state index in [2.05, 4.69) is 33.4 Å². The normalized spacial score (nSPS) is 19.7. The van der Waals surface area contributed by atoms with E-state index in [-0.39, 0.29) is 18.3 Å². The number of nitrogens with one attached hydrogen (secondary N) is 1. The van der Waals surface area contributed by atoms with Crippen LogP contribution < -0.4 is 10.2 Å². The number of fused-ring (bicyclic) bond motifs is 1. The standard InChI is InChI=1S/C20H24N4O.ClH/c25-20(24-12-7-16-4-1-2-6-18(16)24)8-11-23-13-10-22-15-19(23)17-5-3-9-21-14-17;/h1-6,9,14,19,22H,7-8,10-13,15H2;1H. The first kappa shape index (κ1) is 18.8. The molecular weight excluding hydrogens is 348 g/mol. The van der Waals surface area contributed by atoms with E-state index in [4.69, 9.17) is 0 Å². The summed E-state index contributed by atoms with van der Waals surface area (Å²) in [4.78, 5) is 21.4. The predicted octanol–water partition coefficient (Wildman–Crippen LogP) is 2.43. The third-order valence-corrected chi connectivity index (χ3v) is 5.22. The minimum absolute atomic E-state index is 0. The molecule has 0 radical (unpaired) electrons. The lowest BCUT2D eigenvalue weighted by atomic mass is 10.1. The molecule has 138 valence electrons.